The fraction of sp³-hybridized carbons (Fsp3) is 0.467. The van der Waals surface area contributed by atoms with E-state index in [1.165, 1.54) is 0 Å². The van der Waals surface area contributed by atoms with Gasteiger partial charge in [-0.15, -0.1) is 0 Å². The smallest absolute Gasteiger partial charge is 0.0865 e. The van der Waals surface area contributed by atoms with Crippen LogP contribution in [0.15, 0.2) is 34.3 Å². The minimum absolute atomic E-state index is 0.154. The highest BCUT2D eigenvalue weighted by Gasteiger charge is 2.28. The number of para-hydroxylation sites is 2. The van der Waals surface area contributed by atoms with E-state index < -0.39 is 0 Å². The summed E-state index contributed by atoms with van der Waals surface area (Å²) in [5, 5.41) is 12.7. The first-order valence-electron chi connectivity index (χ1n) is 7.05. The van der Waals surface area contributed by atoms with E-state index >= 15 is 0 Å². The van der Waals surface area contributed by atoms with Crippen molar-refractivity contribution in [1.82, 2.24) is 0 Å². The molecule has 1 fully saturated rings. The molecule has 0 aromatic heterocycles. The van der Waals surface area contributed by atoms with Crippen molar-refractivity contribution in [3.8, 4) is 0 Å². The Morgan fingerprint density at radius 3 is 2.90 bits per heavy atom. The number of hydrogen-bond acceptors (Lipinski definition) is 5. The first-order chi connectivity index (χ1) is 9.63. The van der Waals surface area contributed by atoms with Crippen LogP contribution in [0.5, 0.6) is 0 Å². The van der Waals surface area contributed by atoms with E-state index in [1.807, 2.05) is 31.2 Å². The number of aliphatic imine (C=N–C) groups is 2. The fourth-order valence-electron chi connectivity index (χ4n) is 2.55. The van der Waals surface area contributed by atoms with Gasteiger partial charge in [0.2, 0.25) is 0 Å². The summed E-state index contributed by atoms with van der Waals surface area (Å²) in [5.41, 5.74) is 9.77. The first kappa shape index (κ1) is 13.3. The highest BCUT2D eigenvalue weighted by molar-refractivity contribution is 6.46. The molecule has 1 aromatic rings. The van der Waals surface area contributed by atoms with Crippen LogP contribution in [-0.4, -0.2) is 41.3 Å². The second kappa shape index (κ2) is 5.34. The summed E-state index contributed by atoms with van der Waals surface area (Å²) >= 11 is 0. The standard InChI is InChI=1S/C15H20N4O/c1-9(16)15(18-10-6-11(20)7-10)14-8-17-12-4-2-3-5-13(12)19-14/h2-5,9-11,17,20H,6-8,16H2,1H3. The van der Waals surface area contributed by atoms with Crippen molar-refractivity contribution in [2.24, 2.45) is 15.7 Å². The predicted octanol–water partition coefficient (Wildman–Crippen LogP) is 1.50. The molecular formula is C15H20N4O. The minimum atomic E-state index is -0.203. The van der Waals surface area contributed by atoms with Gasteiger partial charge < -0.3 is 16.2 Å². The van der Waals surface area contributed by atoms with E-state index in [0.29, 0.717) is 6.54 Å². The molecule has 1 aromatic carbocycles. The Hall–Kier alpha value is -1.72. The van der Waals surface area contributed by atoms with Crippen LogP contribution in [0.1, 0.15) is 19.8 Å². The van der Waals surface area contributed by atoms with E-state index in [2.05, 4.69) is 15.3 Å². The summed E-state index contributed by atoms with van der Waals surface area (Å²) in [4.78, 5) is 9.37. The predicted molar refractivity (Wildman–Crippen MR) is 82.1 cm³/mol. The zero-order valence-corrected chi connectivity index (χ0v) is 11.6. The Morgan fingerprint density at radius 1 is 1.45 bits per heavy atom. The number of hydrogen-bond donors (Lipinski definition) is 3. The summed E-state index contributed by atoms with van der Waals surface area (Å²) in [5.74, 6) is 0. The van der Waals surface area contributed by atoms with E-state index in [9.17, 15) is 5.11 Å². The van der Waals surface area contributed by atoms with E-state index in [1.54, 1.807) is 0 Å². The maximum Gasteiger partial charge on any atom is 0.0865 e. The van der Waals surface area contributed by atoms with Gasteiger partial charge >= 0.3 is 0 Å². The molecule has 20 heavy (non-hydrogen) atoms. The molecule has 1 unspecified atom stereocenters. The lowest BCUT2D eigenvalue weighted by atomic mass is 9.89. The van der Waals surface area contributed by atoms with E-state index in [-0.39, 0.29) is 18.2 Å². The Morgan fingerprint density at radius 2 is 2.20 bits per heavy atom. The van der Waals surface area contributed by atoms with Gasteiger partial charge in [0.05, 0.1) is 41.5 Å². The summed E-state index contributed by atoms with van der Waals surface area (Å²) in [7, 11) is 0. The Kier molecular flexibility index (Phi) is 3.54. The molecule has 0 spiro atoms. The molecule has 1 saturated carbocycles. The van der Waals surface area contributed by atoms with Crippen LogP contribution in [-0.2, 0) is 0 Å². The number of nitrogens with zero attached hydrogens (tertiary/aromatic N) is 2. The molecule has 1 atom stereocenters. The highest BCUT2D eigenvalue weighted by atomic mass is 16.3. The molecule has 0 radical (unpaired) electrons. The van der Waals surface area contributed by atoms with E-state index in [0.717, 1.165) is 35.6 Å². The van der Waals surface area contributed by atoms with Crippen LogP contribution in [0.3, 0.4) is 0 Å². The number of fused-ring (bicyclic) bond motifs is 1. The molecule has 106 valence electrons. The summed E-state index contributed by atoms with van der Waals surface area (Å²) < 4.78 is 0. The second-order valence-corrected chi connectivity index (χ2v) is 5.51. The number of benzene rings is 1. The van der Waals surface area contributed by atoms with Crippen molar-refractivity contribution in [3.05, 3.63) is 24.3 Å². The van der Waals surface area contributed by atoms with Crippen LogP contribution in [0.25, 0.3) is 0 Å². The van der Waals surface area contributed by atoms with E-state index in [4.69, 9.17) is 5.73 Å². The van der Waals surface area contributed by atoms with Crippen molar-refractivity contribution >= 4 is 22.8 Å². The van der Waals surface area contributed by atoms with Crippen molar-refractivity contribution in [1.29, 1.82) is 0 Å². The van der Waals surface area contributed by atoms with Crippen LogP contribution in [0.2, 0.25) is 0 Å². The second-order valence-electron chi connectivity index (χ2n) is 5.51. The third-order valence-corrected chi connectivity index (χ3v) is 3.74. The van der Waals surface area contributed by atoms with Gasteiger partial charge in [-0.3, -0.25) is 4.99 Å². The molecule has 2 aliphatic rings. The number of rotatable bonds is 3. The molecule has 4 N–H and O–H groups in total. The minimum Gasteiger partial charge on any atom is -0.393 e. The van der Waals surface area contributed by atoms with Gasteiger partial charge in [-0.2, -0.15) is 0 Å². The molecule has 1 aliphatic carbocycles. The van der Waals surface area contributed by atoms with Crippen molar-refractivity contribution in [2.45, 2.75) is 38.0 Å². The monoisotopic (exact) mass is 272 g/mol. The largest absolute Gasteiger partial charge is 0.393 e. The van der Waals surface area contributed by atoms with Crippen LogP contribution in [0.4, 0.5) is 11.4 Å². The molecule has 0 saturated heterocycles. The number of aliphatic hydroxyl groups is 1. The molecule has 0 bridgehead atoms. The van der Waals surface area contributed by atoms with Crippen LogP contribution in [0, 0.1) is 0 Å². The zero-order valence-electron chi connectivity index (χ0n) is 11.6. The summed E-state index contributed by atoms with van der Waals surface area (Å²) in [6.07, 6.45) is 1.26. The molecule has 0 amide bonds. The number of nitrogens with two attached hydrogens (primary N) is 1. The summed E-state index contributed by atoms with van der Waals surface area (Å²) in [6, 6.07) is 7.98. The Balaban J connectivity index is 1.88. The Bertz CT molecular complexity index is 559. The normalized spacial score (nSPS) is 26.9. The molecule has 5 nitrogen and oxygen atoms in total. The number of aliphatic hydroxyl groups excluding tert-OH is 1. The van der Waals surface area contributed by atoms with Gasteiger partial charge in [0.1, 0.15) is 0 Å². The lowest BCUT2D eigenvalue weighted by molar-refractivity contribution is 0.0778. The third kappa shape index (κ3) is 2.59. The van der Waals surface area contributed by atoms with Gasteiger partial charge in [0.15, 0.2) is 0 Å². The summed E-state index contributed by atoms with van der Waals surface area (Å²) in [6.45, 7) is 2.57. The third-order valence-electron chi connectivity index (χ3n) is 3.74. The Labute approximate surface area is 118 Å². The first-order valence-corrected chi connectivity index (χ1v) is 7.05. The average Bonchev–Trinajstić information content (AvgIpc) is 2.41. The highest BCUT2D eigenvalue weighted by Crippen LogP contribution is 2.28. The van der Waals surface area contributed by atoms with Crippen molar-refractivity contribution < 1.29 is 5.11 Å². The zero-order chi connectivity index (χ0) is 14.1. The van der Waals surface area contributed by atoms with Crippen molar-refractivity contribution in [3.63, 3.8) is 0 Å². The van der Waals surface area contributed by atoms with Crippen LogP contribution >= 0.6 is 0 Å². The van der Waals surface area contributed by atoms with Crippen LogP contribution < -0.4 is 11.1 Å². The van der Waals surface area contributed by atoms with Gasteiger partial charge in [-0.25, -0.2) is 4.99 Å². The molecule has 5 heteroatoms. The topological polar surface area (TPSA) is 83.0 Å². The lowest BCUT2D eigenvalue weighted by Gasteiger charge is -2.30. The fourth-order valence-corrected chi connectivity index (χ4v) is 2.55. The quantitative estimate of drug-likeness (QED) is 0.729. The molecular weight excluding hydrogens is 252 g/mol. The van der Waals surface area contributed by atoms with Gasteiger partial charge in [-0.05, 0) is 31.9 Å². The SMILES string of the molecule is CC(N)C(=NC1CC(O)C1)C1=Nc2ccccc2NC1. The van der Waals surface area contributed by atoms with Gasteiger partial charge in [-0.1, -0.05) is 12.1 Å². The van der Waals surface area contributed by atoms with Gasteiger partial charge in [0, 0.05) is 6.04 Å². The lowest BCUT2D eigenvalue weighted by Crippen LogP contribution is -2.41. The maximum atomic E-state index is 9.37. The number of nitrogens with one attached hydrogen (secondary N) is 1. The molecule has 3 rings (SSSR count). The number of anilines is 1. The molecule has 1 heterocycles. The molecule has 1 aliphatic heterocycles. The van der Waals surface area contributed by atoms with Gasteiger partial charge in [0.25, 0.3) is 0 Å². The maximum absolute atomic E-state index is 9.37. The van der Waals surface area contributed by atoms with Crippen molar-refractivity contribution in [2.75, 3.05) is 11.9 Å². The average molecular weight is 272 g/mol.